The number of benzene rings is 2. The van der Waals surface area contributed by atoms with Crippen molar-refractivity contribution in [3.63, 3.8) is 0 Å². The minimum atomic E-state index is -0.800. The van der Waals surface area contributed by atoms with Gasteiger partial charge in [0, 0.05) is 18.8 Å². The number of alkyl carbamates (subject to hydrolysis) is 1. The first-order valence-electron chi connectivity index (χ1n) is 15.1. The molecule has 1 aliphatic carbocycles. The lowest BCUT2D eigenvalue weighted by Crippen LogP contribution is -2.54. The Bertz CT molecular complexity index is 1210. The van der Waals surface area contributed by atoms with Gasteiger partial charge in [-0.25, -0.2) is 9.18 Å². The van der Waals surface area contributed by atoms with Crippen molar-refractivity contribution in [1.82, 2.24) is 10.6 Å². The molecule has 0 spiro atoms. The van der Waals surface area contributed by atoms with Crippen LogP contribution in [0.1, 0.15) is 76.8 Å². The van der Waals surface area contributed by atoms with Crippen molar-refractivity contribution in [1.29, 1.82) is 0 Å². The Morgan fingerprint density at radius 3 is 2.48 bits per heavy atom. The van der Waals surface area contributed by atoms with Crippen molar-refractivity contribution in [2.24, 2.45) is 5.92 Å². The fraction of sp³-hybridized carbons (Fsp3) is 0.545. The maximum absolute atomic E-state index is 13.8. The highest BCUT2D eigenvalue weighted by atomic mass is 19.1. The van der Waals surface area contributed by atoms with Gasteiger partial charge in [-0.05, 0) is 68.9 Å². The van der Waals surface area contributed by atoms with Crippen molar-refractivity contribution in [3.05, 3.63) is 65.5 Å². The normalized spacial score (nSPS) is 16.7. The van der Waals surface area contributed by atoms with Crippen molar-refractivity contribution in [2.45, 2.75) is 96.4 Å². The largest absolute Gasteiger partial charge is 0.461 e. The Balaban J connectivity index is 1.47. The molecule has 2 atom stereocenters. The quantitative estimate of drug-likeness (QED) is 0.332. The molecule has 0 bridgehead atoms. The van der Waals surface area contributed by atoms with E-state index in [1.54, 1.807) is 26.8 Å². The topological polar surface area (TPSA) is 97.0 Å². The summed E-state index contributed by atoms with van der Waals surface area (Å²) in [5, 5.41) is 5.84. The molecule has 1 fully saturated rings. The lowest BCUT2D eigenvalue weighted by molar-refractivity contribution is -0.145. The summed E-state index contributed by atoms with van der Waals surface area (Å²) in [6, 6.07) is 12.7. The maximum atomic E-state index is 13.8. The average molecular weight is 582 g/mol. The Labute approximate surface area is 248 Å². The van der Waals surface area contributed by atoms with Crippen LogP contribution >= 0.6 is 0 Å². The van der Waals surface area contributed by atoms with E-state index in [2.05, 4.69) is 15.5 Å². The van der Waals surface area contributed by atoms with Gasteiger partial charge in [0.25, 0.3) is 0 Å². The number of carbonyl (C=O) groups is 3. The highest BCUT2D eigenvalue weighted by Crippen LogP contribution is 2.30. The van der Waals surface area contributed by atoms with Gasteiger partial charge in [0.05, 0.1) is 12.5 Å². The summed E-state index contributed by atoms with van der Waals surface area (Å²) < 4.78 is 24.8. The van der Waals surface area contributed by atoms with Crippen molar-refractivity contribution in [2.75, 3.05) is 18.0 Å². The third kappa shape index (κ3) is 9.74. The zero-order chi connectivity index (χ0) is 30.1. The monoisotopic (exact) mass is 581 g/mol. The number of carbonyl (C=O) groups excluding carboxylic acids is 3. The predicted octanol–water partition coefficient (Wildman–Crippen LogP) is 5.67. The third-order valence-corrected chi connectivity index (χ3v) is 7.78. The van der Waals surface area contributed by atoms with Crippen LogP contribution in [0.4, 0.5) is 14.9 Å². The first-order valence-corrected chi connectivity index (χ1v) is 15.1. The third-order valence-electron chi connectivity index (χ3n) is 7.78. The smallest absolute Gasteiger partial charge is 0.408 e. The molecule has 8 nitrogen and oxygen atoms in total. The molecular formula is C33H44FN3O5. The van der Waals surface area contributed by atoms with Crippen molar-refractivity contribution < 1.29 is 28.2 Å². The zero-order valence-electron chi connectivity index (χ0n) is 25.0. The average Bonchev–Trinajstić information content (AvgIpc) is 3.33. The highest BCUT2D eigenvalue weighted by Gasteiger charge is 2.31. The number of nitrogens with zero attached hydrogens (tertiary/aromatic N) is 1. The fourth-order valence-electron chi connectivity index (χ4n) is 5.79. The molecular weight excluding hydrogens is 537 g/mol. The van der Waals surface area contributed by atoms with E-state index in [4.69, 9.17) is 9.47 Å². The molecule has 42 heavy (non-hydrogen) atoms. The number of nitrogens with one attached hydrogen (secondary N) is 2. The van der Waals surface area contributed by atoms with Gasteiger partial charge in [0.2, 0.25) is 5.91 Å². The van der Waals surface area contributed by atoms with Gasteiger partial charge in [0.15, 0.2) is 0 Å². The molecule has 2 aromatic carbocycles. The van der Waals surface area contributed by atoms with E-state index in [-0.39, 0.29) is 24.8 Å². The lowest BCUT2D eigenvalue weighted by Gasteiger charge is -2.30. The molecule has 0 radical (unpaired) electrons. The van der Waals surface area contributed by atoms with Crippen LogP contribution in [0.3, 0.4) is 0 Å². The molecule has 9 heteroatoms. The summed E-state index contributed by atoms with van der Waals surface area (Å²) >= 11 is 0. The number of hydrogen-bond donors (Lipinski definition) is 2. The summed E-state index contributed by atoms with van der Waals surface area (Å²) in [4.78, 5) is 41.5. The Kier molecular flexibility index (Phi) is 10.8. The number of halogens is 1. The van der Waals surface area contributed by atoms with Crippen LogP contribution in [0.15, 0.2) is 48.5 Å². The molecule has 1 heterocycles. The second kappa shape index (κ2) is 14.5. The number of rotatable bonds is 11. The lowest BCUT2D eigenvalue weighted by atomic mass is 9.84. The van der Waals surface area contributed by atoms with Crippen molar-refractivity contribution in [3.8, 4) is 0 Å². The van der Waals surface area contributed by atoms with Crippen molar-refractivity contribution >= 4 is 23.7 Å². The highest BCUT2D eigenvalue weighted by molar-refractivity contribution is 5.86. The Hall–Kier alpha value is -3.62. The molecule has 2 amide bonds. The molecule has 0 unspecified atom stereocenters. The Morgan fingerprint density at radius 1 is 1.02 bits per heavy atom. The summed E-state index contributed by atoms with van der Waals surface area (Å²) in [6.07, 6.45) is 5.90. The fourth-order valence-corrected chi connectivity index (χ4v) is 5.79. The number of fused-ring (bicyclic) bond motifs is 1. The molecule has 0 aromatic heterocycles. The van der Waals surface area contributed by atoms with Crippen LogP contribution in [-0.4, -0.2) is 48.7 Å². The molecule has 1 saturated carbocycles. The number of anilines is 1. The summed E-state index contributed by atoms with van der Waals surface area (Å²) in [6.45, 7) is 6.45. The second-order valence-corrected chi connectivity index (χ2v) is 12.5. The first kappa shape index (κ1) is 31.3. The van der Waals surface area contributed by atoms with Crippen LogP contribution in [0.2, 0.25) is 0 Å². The van der Waals surface area contributed by atoms with Crippen LogP contribution in [0.25, 0.3) is 0 Å². The van der Waals surface area contributed by atoms with E-state index in [9.17, 15) is 18.8 Å². The van der Waals surface area contributed by atoms with Gasteiger partial charge in [-0.2, -0.15) is 0 Å². The molecule has 0 saturated heterocycles. The maximum Gasteiger partial charge on any atom is 0.408 e. The molecule has 228 valence electrons. The predicted molar refractivity (Wildman–Crippen MR) is 159 cm³/mol. The number of hydrogen-bond acceptors (Lipinski definition) is 6. The van der Waals surface area contributed by atoms with E-state index >= 15 is 0 Å². The molecule has 4 rings (SSSR count). The minimum Gasteiger partial charge on any atom is -0.461 e. The zero-order valence-corrected chi connectivity index (χ0v) is 25.0. The van der Waals surface area contributed by atoms with Gasteiger partial charge < -0.3 is 25.0 Å². The van der Waals surface area contributed by atoms with Gasteiger partial charge in [-0.15, -0.1) is 0 Å². The summed E-state index contributed by atoms with van der Waals surface area (Å²) in [5.41, 5.74) is 1.95. The summed E-state index contributed by atoms with van der Waals surface area (Å²) in [7, 11) is 0. The summed E-state index contributed by atoms with van der Waals surface area (Å²) in [5.74, 6) is -0.764. The number of amides is 2. The second-order valence-electron chi connectivity index (χ2n) is 12.5. The molecule has 2 aliphatic rings. The molecule has 1 aliphatic heterocycles. The minimum absolute atomic E-state index is 0.0474. The van der Waals surface area contributed by atoms with Crippen LogP contribution in [0.5, 0.6) is 0 Å². The van der Waals surface area contributed by atoms with Crippen LogP contribution < -0.4 is 15.5 Å². The van der Waals surface area contributed by atoms with Gasteiger partial charge in [-0.3, -0.25) is 9.59 Å². The first-order chi connectivity index (χ1) is 20.1. The molecule has 2 N–H and O–H groups in total. The molecule has 2 aromatic rings. The standard InChI is InChI=1S/C33H44FN3O5/c1-33(2,3)42-32(40)36-28(18-23-10-6-4-7-11-23)31(39)35-27(20-30(38)41-22-24-12-8-5-9-13-24)21-37-17-16-25-19-26(34)14-15-29(25)37/h5,8-9,12-15,19,23,27-28H,4,6-7,10-11,16-18,20-22H2,1-3H3,(H,35,39)(H,36,40)/t27-,28-/m0/s1. The van der Waals surface area contributed by atoms with Gasteiger partial charge >= 0.3 is 12.1 Å². The number of esters is 1. The Morgan fingerprint density at radius 2 is 1.76 bits per heavy atom. The van der Waals surface area contributed by atoms with E-state index in [0.717, 1.165) is 42.5 Å². The van der Waals surface area contributed by atoms with E-state index in [0.29, 0.717) is 31.8 Å². The number of ether oxygens (including phenoxy) is 2. The van der Waals surface area contributed by atoms with E-state index in [1.165, 1.54) is 18.6 Å². The van der Waals surface area contributed by atoms with Gasteiger partial charge in [0.1, 0.15) is 24.1 Å². The van der Waals surface area contributed by atoms with Gasteiger partial charge in [-0.1, -0.05) is 62.4 Å². The van der Waals surface area contributed by atoms with E-state index in [1.807, 2.05) is 30.3 Å². The SMILES string of the molecule is CC(C)(C)OC(=O)N[C@@H](CC1CCCCC1)C(=O)N[C@@H](CC(=O)OCc1ccccc1)CN1CCc2cc(F)ccc21. The van der Waals surface area contributed by atoms with Crippen LogP contribution in [0, 0.1) is 11.7 Å². The van der Waals surface area contributed by atoms with Crippen LogP contribution in [-0.2, 0) is 32.1 Å². The van der Waals surface area contributed by atoms with E-state index < -0.39 is 29.7 Å².